The van der Waals surface area contributed by atoms with E-state index in [-0.39, 0.29) is 0 Å². The van der Waals surface area contributed by atoms with Crippen LogP contribution in [0.2, 0.25) is 0 Å². The third-order valence-electron chi connectivity index (χ3n) is 2.82. The molecule has 3 rings (SSSR count). The van der Waals surface area contributed by atoms with Crippen molar-refractivity contribution in [1.82, 2.24) is 30.2 Å². The molecule has 0 saturated heterocycles. The highest BCUT2D eigenvalue weighted by Gasteiger charge is 2.04. The van der Waals surface area contributed by atoms with Gasteiger partial charge in [0.15, 0.2) is 0 Å². The van der Waals surface area contributed by atoms with Crippen LogP contribution in [0.1, 0.15) is 11.4 Å². The highest BCUT2D eigenvalue weighted by Crippen LogP contribution is 2.18. The Hall–Kier alpha value is -2.70. The van der Waals surface area contributed by atoms with Gasteiger partial charge in [0.2, 0.25) is 0 Å². The van der Waals surface area contributed by atoms with Crippen LogP contribution in [0.15, 0.2) is 36.9 Å². The van der Waals surface area contributed by atoms with Crippen molar-refractivity contribution in [2.24, 2.45) is 0 Å². The van der Waals surface area contributed by atoms with E-state index in [9.17, 15) is 0 Å². The summed E-state index contributed by atoms with van der Waals surface area (Å²) in [4.78, 5) is 7.22. The van der Waals surface area contributed by atoms with Crippen molar-refractivity contribution in [3.63, 3.8) is 0 Å². The molecule has 96 valence electrons. The van der Waals surface area contributed by atoms with Gasteiger partial charge in [-0.1, -0.05) is 6.07 Å². The number of rotatable bonds is 4. The Bertz CT molecular complexity index is 643. The van der Waals surface area contributed by atoms with Gasteiger partial charge in [-0.25, -0.2) is 9.67 Å². The fourth-order valence-electron chi connectivity index (χ4n) is 1.82. The second-order valence-corrected chi connectivity index (χ2v) is 4.15. The predicted molar refractivity (Wildman–Crippen MR) is 69.8 cm³/mol. The molecule has 0 aliphatic carbocycles. The first kappa shape index (κ1) is 11.4. The number of aromatic nitrogens is 6. The summed E-state index contributed by atoms with van der Waals surface area (Å²) in [7, 11) is 0. The monoisotopic (exact) mass is 255 g/mol. The number of tetrazole rings is 1. The fraction of sp³-hybridized carbons (Fsp3) is 0.167. The van der Waals surface area contributed by atoms with Gasteiger partial charge < -0.3 is 10.3 Å². The third-order valence-corrected chi connectivity index (χ3v) is 2.82. The molecule has 0 spiro atoms. The van der Waals surface area contributed by atoms with E-state index in [0.717, 1.165) is 22.8 Å². The molecule has 0 radical (unpaired) electrons. The average molecular weight is 255 g/mol. The molecule has 7 nitrogen and oxygen atoms in total. The van der Waals surface area contributed by atoms with Gasteiger partial charge >= 0.3 is 0 Å². The number of nitrogens with one attached hydrogen (secondary N) is 2. The molecular weight excluding hydrogens is 242 g/mol. The zero-order valence-electron chi connectivity index (χ0n) is 10.4. The molecule has 19 heavy (non-hydrogen) atoms. The van der Waals surface area contributed by atoms with Gasteiger partial charge in [-0.15, -0.1) is 5.10 Å². The topological polar surface area (TPSA) is 84.3 Å². The van der Waals surface area contributed by atoms with E-state index in [2.05, 4.69) is 30.8 Å². The van der Waals surface area contributed by atoms with Crippen LogP contribution in [0.4, 0.5) is 5.69 Å². The van der Waals surface area contributed by atoms with E-state index in [1.54, 1.807) is 23.4 Å². The average Bonchev–Trinajstić information content (AvgIpc) is 3.11. The Morgan fingerprint density at radius 1 is 1.37 bits per heavy atom. The van der Waals surface area contributed by atoms with Gasteiger partial charge in [0, 0.05) is 18.1 Å². The summed E-state index contributed by atoms with van der Waals surface area (Å²) >= 11 is 0. The number of aromatic amines is 1. The molecule has 0 unspecified atom stereocenters. The summed E-state index contributed by atoms with van der Waals surface area (Å²) in [6, 6.07) is 6.06. The van der Waals surface area contributed by atoms with E-state index in [1.807, 2.05) is 25.1 Å². The second kappa shape index (κ2) is 4.89. The Labute approximate surface area is 109 Å². The van der Waals surface area contributed by atoms with Gasteiger partial charge in [0.25, 0.3) is 0 Å². The Kier molecular flexibility index (Phi) is 2.93. The molecule has 1 aromatic carbocycles. The van der Waals surface area contributed by atoms with Gasteiger partial charge in [-0.2, -0.15) is 0 Å². The third kappa shape index (κ3) is 2.44. The van der Waals surface area contributed by atoms with Crippen molar-refractivity contribution in [1.29, 1.82) is 0 Å². The lowest BCUT2D eigenvalue weighted by Crippen LogP contribution is -2.03. The van der Waals surface area contributed by atoms with Crippen molar-refractivity contribution in [2.75, 3.05) is 5.32 Å². The Morgan fingerprint density at radius 3 is 3.05 bits per heavy atom. The smallest absolute Gasteiger partial charge is 0.143 e. The number of benzene rings is 1. The van der Waals surface area contributed by atoms with Crippen molar-refractivity contribution in [3.8, 4) is 5.69 Å². The summed E-state index contributed by atoms with van der Waals surface area (Å²) in [5.74, 6) is 0.893. The maximum absolute atomic E-state index is 4.17. The minimum atomic E-state index is 0.644. The highest BCUT2D eigenvalue weighted by molar-refractivity contribution is 5.54. The molecular formula is C12H13N7. The molecule has 0 aliphatic heterocycles. The maximum Gasteiger partial charge on any atom is 0.143 e. The van der Waals surface area contributed by atoms with E-state index in [0.29, 0.717) is 6.54 Å². The minimum absolute atomic E-state index is 0.644. The molecule has 0 bridgehead atoms. The van der Waals surface area contributed by atoms with Crippen LogP contribution in [0.5, 0.6) is 0 Å². The maximum atomic E-state index is 4.17. The van der Waals surface area contributed by atoms with Gasteiger partial charge in [-0.3, -0.25) is 0 Å². The second-order valence-electron chi connectivity index (χ2n) is 4.15. The van der Waals surface area contributed by atoms with E-state index in [4.69, 9.17) is 0 Å². The number of anilines is 1. The first-order valence-corrected chi connectivity index (χ1v) is 5.89. The van der Waals surface area contributed by atoms with E-state index in [1.165, 1.54) is 0 Å². The largest absolute Gasteiger partial charge is 0.378 e. The molecule has 0 saturated carbocycles. The van der Waals surface area contributed by atoms with Crippen molar-refractivity contribution in [3.05, 3.63) is 48.3 Å². The highest BCUT2D eigenvalue weighted by atomic mass is 15.5. The zero-order valence-corrected chi connectivity index (χ0v) is 10.4. The molecule has 7 heteroatoms. The van der Waals surface area contributed by atoms with Crippen molar-refractivity contribution >= 4 is 5.69 Å². The molecule has 0 amide bonds. The number of imidazole rings is 1. The molecule has 3 aromatic rings. The fourth-order valence-corrected chi connectivity index (χ4v) is 1.82. The van der Waals surface area contributed by atoms with Crippen LogP contribution in [0, 0.1) is 6.92 Å². The number of aryl methyl sites for hydroxylation is 1. The lowest BCUT2D eigenvalue weighted by atomic mass is 10.2. The lowest BCUT2D eigenvalue weighted by Gasteiger charge is -2.09. The molecule has 0 aliphatic rings. The summed E-state index contributed by atoms with van der Waals surface area (Å²) in [5.41, 5.74) is 3.05. The number of nitrogens with zero attached hydrogens (tertiary/aromatic N) is 5. The zero-order chi connectivity index (χ0) is 13.1. The van der Waals surface area contributed by atoms with Crippen LogP contribution in [-0.4, -0.2) is 30.2 Å². The van der Waals surface area contributed by atoms with Gasteiger partial charge in [0.05, 0.1) is 12.2 Å². The summed E-state index contributed by atoms with van der Waals surface area (Å²) in [5, 5.41) is 14.5. The first-order valence-electron chi connectivity index (χ1n) is 5.89. The summed E-state index contributed by atoms with van der Waals surface area (Å²) in [6.45, 7) is 2.67. The standard InChI is InChI=1S/C12H13N7/c1-9-2-3-10(15-7-12-13-4-5-14-12)6-11(9)19-8-16-17-18-19/h2-6,8,15H,7H2,1H3,(H,13,14). The van der Waals surface area contributed by atoms with E-state index < -0.39 is 0 Å². The van der Waals surface area contributed by atoms with Crippen LogP contribution in [0.25, 0.3) is 5.69 Å². The SMILES string of the molecule is Cc1ccc(NCc2ncc[nH]2)cc1-n1cnnn1. The summed E-state index contributed by atoms with van der Waals surface area (Å²) < 4.78 is 1.65. The molecule has 2 N–H and O–H groups in total. The van der Waals surface area contributed by atoms with Gasteiger partial charge in [-0.05, 0) is 35.0 Å². The Balaban J connectivity index is 1.81. The van der Waals surface area contributed by atoms with Crippen LogP contribution in [-0.2, 0) is 6.54 Å². The molecule has 2 aromatic heterocycles. The predicted octanol–water partition coefficient (Wildman–Crippen LogP) is 1.31. The lowest BCUT2D eigenvalue weighted by molar-refractivity contribution is 0.785. The summed E-state index contributed by atoms with van der Waals surface area (Å²) in [6.07, 6.45) is 5.12. The molecule has 2 heterocycles. The number of H-pyrrole nitrogens is 1. The van der Waals surface area contributed by atoms with Crippen molar-refractivity contribution in [2.45, 2.75) is 13.5 Å². The first-order chi connectivity index (χ1) is 9.33. The minimum Gasteiger partial charge on any atom is -0.378 e. The van der Waals surface area contributed by atoms with Crippen molar-refractivity contribution < 1.29 is 0 Å². The van der Waals surface area contributed by atoms with E-state index >= 15 is 0 Å². The van der Waals surface area contributed by atoms with Crippen LogP contribution in [0.3, 0.4) is 0 Å². The molecule has 0 fully saturated rings. The normalized spacial score (nSPS) is 10.6. The quantitative estimate of drug-likeness (QED) is 0.734. The van der Waals surface area contributed by atoms with Gasteiger partial charge in [0.1, 0.15) is 12.2 Å². The number of hydrogen-bond donors (Lipinski definition) is 2. The molecule has 0 atom stereocenters. The Morgan fingerprint density at radius 2 is 2.32 bits per heavy atom. The van der Waals surface area contributed by atoms with Crippen LogP contribution < -0.4 is 5.32 Å². The number of hydrogen-bond acceptors (Lipinski definition) is 5. The van der Waals surface area contributed by atoms with Crippen LogP contribution >= 0.6 is 0 Å².